The molecule has 0 aliphatic rings. The molecule has 164 valence electrons. The number of nitrogens with one attached hydrogen (secondary N) is 3. The molecule has 9 nitrogen and oxygen atoms in total. The van der Waals surface area contributed by atoms with Gasteiger partial charge in [0, 0.05) is 5.56 Å². The summed E-state index contributed by atoms with van der Waals surface area (Å²) in [5, 5.41) is 16.4. The summed E-state index contributed by atoms with van der Waals surface area (Å²) in [5.41, 5.74) is 3.80. The number of fused-ring (bicyclic) bond motifs is 1. The van der Waals surface area contributed by atoms with Gasteiger partial charge >= 0.3 is 5.97 Å². The number of hydrogen-bond acceptors (Lipinski definition) is 5. The molecule has 0 aliphatic carbocycles. The van der Waals surface area contributed by atoms with E-state index in [4.69, 9.17) is 5.84 Å². The normalized spacial score (nSPS) is 11.8. The average molecular weight is 433 g/mol. The van der Waals surface area contributed by atoms with Crippen LogP contribution >= 0.6 is 0 Å². The molecular weight excluding hydrogens is 410 g/mol. The predicted octanol–water partition coefficient (Wildman–Crippen LogP) is 2.02. The van der Waals surface area contributed by atoms with E-state index < -0.39 is 23.8 Å². The second kappa shape index (κ2) is 10.7. The Bertz CT molecular complexity index is 1160. The topological polar surface area (TPSA) is 146 Å². The molecule has 1 unspecified atom stereocenters. The van der Waals surface area contributed by atoms with Crippen molar-refractivity contribution < 1.29 is 19.5 Å². The number of hydrogen-bond donors (Lipinski definition) is 5. The maximum Gasteiger partial charge on any atom is 0.305 e. The van der Waals surface area contributed by atoms with Crippen LogP contribution in [0.1, 0.15) is 28.4 Å². The Kier molecular flexibility index (Phi) is 7.50. The van der Waals surface area contributed by atoms with Crippen molar-refractivity contribution in [1.82, 2.24) is 16.1 Å². The molecule has 3 aromatic carbocycles. The molecule has 0 aliphatic heterocycles. The largest absolute Gasteiger partial charge is 0.481 e. The van der Waals surface area contributed by atoms with Crippen molar-refractivity contribution in [2.24, 2.45) is 10.8 Å². The number of amides is 2. The molecule has 0 saturated heterocycles. The second-order valence-electron chi connectivity index (χ2n) is 6.94. The van der Waals surface area contributed by atoms with Crippen molar-refractivity contribution in [2.45, 2.75) is 12.5 Å². The van der Waals surface area contributed by atoms with Crippen molar-refractivity contribution in [2.75, 3.05) is 6.54 Å². The lowest BCUT2D eigenvalue weighted by atomic mass is 9.96. The Balaban J connectivity index is 1.69. The van der Waals surface area contributed by atoms with Gasteiger partial charge in [0.25, 0.3) is 5.91 Å². The Morgan fingerprint density at radius 1 is 1.03 bits per heavy atom. The van der Waals surface area contributed by atoms with Crippen LogP contribution in [0.25, 0.3) is 10.8 Å². The van der Waals surface area contributed by atoms with Crippen molar-refractivity contribution in [3.05, 3.63) is 77.9 Å². The molecule has 0 aromatic heterocycles. The highest BCUT2D eigenvalue weighted by molar-refractivity contribution is 5.97. The number of carbonyl (C=O) groups excluding carboxylic acids is 2. The van der Waals surface area contributed by atoms with Gasteiger partial charge in [-0.25, -0.2) is 10.8 Å². The monoisotopic (exact) mass is 433 g/mol. The summed E-state index contributed by atoms with van der Waals surface area (Å²) < 4.78 is 0. The lowest BCUT2D eigenvalue weighted by molar-refractivity contribution is -0.137. The van der Waals surface area contributed by atoms with Gasteiger partial charge in [0.2, 0.25) is 5.91 Å². The van der Waals surface area contributed by atoms with Crippen LogP contribution in [0.15, 0.2) is 71.7 Å². The zero-order chi connectivity index (χ0) is 22.9. The summed E-state index contributed by atoms with van der Waals surface area (Å²) in [4.78, 5) is 40.4. The van der Waals surface area contributed by atoms with Crippen molar-refractivity contribution in [3.8, 4) is 0 Å². The first-order chi connectivity index (χ1) is 15.5. The van der Waals surface area contributed by atoms with E-state index in [1.54, 1.807) is 30.3 Å². The third-order valence-corrected chi connectivity index (χ3v) is 4.72. The molecule has 0 fully saturated rings. The molecule has 0 saturated carbocycles. The molecule has 32 heavy (non-hydrogen) atoms. The van der Waals surface area contributed by atoms with Gasteiger partial charge in [0.05, 0.1) is 24.7 Å². The van der Waals surface area contributed by atoms with Crippen LogP contribution in [-0.2, 0) is 9.59 Å². The van der Waals surface area contributed by atoms with Gasteiger partial charge in [0.1, 0.15) is 6.34 Å². The first-order valence-electron chi connectivity index (χ1n) is 9.83. The lowest BCUT2D eigenvalue weighted by Crippen LogP contribution is -2.39. The van der Waals surface area contributed by atoms with Crippen molar-refractivity contribution >= 4 is 40.6 Å². The number of aliphatic imine (C=N–C) groups is 1. The maximum atomic E-state index is 12.5. The molecule has 6 N–H and O–H groups in total. The Hall–Kier alpha value is -4.24. The number of nitrogens with zero attached hydrogens (tertiary/aromatic N) is 1. The Morgan fingerprint density at radius 3 is 2.56 bits per heavy atom. The summed E-state index contributed by atoms with van der Waals surface area (Å²) in [6.07, 6.45) is 0.989. The zero-order valence-electron chi connectivity index (χ0n) is 17.1. The van der Waals surface area contributed by atoms with E-state index in [1.807, 2.05) is 36.4 Å². The van der Waals surface area contributed by atoms with E-state index in [1.165, 1.54) is 6.34 Å². The Morgan fingerprint density at radius 2 is 1.78 bits per heavy atom. The number of carboxylic acids is 1. The fourth-order valence-corrected chi connectivity index (χ4v) is 3.31. The van der Waals surface area contributed by atoms with Gasteiger partial charge in [-0.1, -0.05) is 48.5 Å². The third-order valence-electron chi connectivity index (χ3n) is 4.72. The van der Waals surface area contributed by atoms with Gasteiger partial charge in [-0.2, -0.15) is 0 Å². The van der Waals surface area contributed by atoms with Gasteiger partial charge < -0.3 is 21.2 Å². The van der Waals surface area contributed by atoms with E-state index >= 15 is 0 Å². The SMILES string of the molecule is NNC=Nc1cccc(C(=O)NCC(=O)NC(CC(=O)O)c2cccc3ccccc23)c1. The molecule has 3 aromatic rings. The number of carboxylic acid groups (broad SMARTS) is 1. The number of hydrazine groups is 1. The first-order valence-corrected chi connectivity index (χ1v) is 9.83. The second-order valence-corrected chi connectivity index (χ2v) is 6.94. The first kappa shape index (κ1) is 22.4. The van der Waals surface area contributed by atoms with E-state index in [0.29, 0.717) is 16.8 Å². The predicted molar refractivity (Wildman–Crippen MR) is 121 cm³/mol. The lowest BCUT2D eigenvalue weighted by Gasteiger charge is -2.19. The highest BCUT2D eigenvalue weighted by Crippen LogP contribution is 2.26. The highest BCUT2D eigenvalue weighted by Gasteiger charge is 2.20. The van der Waals surface area contributed by atoms with E-state index in [2.05, 4.69) is 21.1 Å². The summed E-state index contributed by atoms with van der Waals surface area (Å²) in [5.74, 6) is 3.13. The van der Waals surface area contributed by atoms with Crippen LogP contribution in [0, 0.1) is 0 Å². The van der Waals surface area contributed by atoms with Gasteiger partial charge in [-0.05, 0) is 34.5 Å². The highest BCUT2D eigenvalue weighted by atomic mass is 16.4. The van der Waals surface area contributed by atoms with E-state index in [0.717, 1.165) is 10.8 Å². The van der Waals surface area contributed by atoms with Crippen LogP contribution in [0.2, 0.25) is 0 Å². The quantitative estimate of drug-likeness (QED) is 0.151. The zero-order valence-corrected chi connectivity index (χ0v) is 17.1. The fraction of sp³-hybridized carbons (Fsp3) is 0.130. The number of benzene rings is 3. The minimum Gasteiger partial charge on any atom is -0.481 e. The number of rotatable bonds is 9. The third kappa shape index (κ3) is 5.89. The van der Waals surface area contributed by atoms with Crippen LogP contribution in [-0.4, -0.2) is 35.8 Å². The number of carbonyl (C=O) groups is 3. The Labute approximate surface area is 184 Å². The molecular formula is C23H23N5O4. The molecule has 1 atom stereocenters. The number of aliphatic carboxylic acids is 1. The van der Waals surface area contributed by atoms with Gasteiger partial charge in [-0.15, -0.1) is 0 Å². The smallest absolute Gasteiger partial charge is 0.305 e. The van der Waals surface area contributed by atoms with Crippen LogP contribution in [0.4, 0.5) is 5.69 Å². The van der Waals surface area contributed by atoms with Crippen LogP contribution in [0.3, 0.4) is 0 Å². The average Bonchev–Trinajstić information content (AvgIpc) is 2.80. The van der Waals surface area contributed by atoms with Crippen LogP contribution in [0.5, 0.6) is 0 Å². The van der Waals surface area contributed by atoms with Crippen molar-refractivity contribution in [3.63, 3.8) is 0 Å². The minimum absolute atomic E-state index is 0.289. The van der Waals surface area contributed by atoms with Crippen molar-refractivity contribution in [1.29, 1.82) is 0 Å². The fourth-order valence-electron chi connectivity index (χ4n) is 3.31. The van der Waals surface area contributed by atoms with E-state index in [9.17, 15) is 19.5 Å². The van der Waals surface area contributed by atoms with Gasteiger partial charge in [-0.3, -0.25) is 14.4 Å². The molecule has 3 rings (SSSR count). The molecule has 0 radical (unpaired) electrons. The van der Waals surface area contributed by atoms with E-state index in [-0.39, 0.29) is 13.0 Å². The summed E-state index contributed by atoms with van der Waals surface area (Å²) in [6.45, 7) is -0.308. The number of nitrogens with two attached hydrogens (primary N) is 1. The standard InChI is InChI=1S/C23H23N5O4/c24-27-14-26-17-8-3-7-16(11-17)23(32)25-13-21(29)28-20(12-22(30)31)19-10-4-6-15-5-1-2-9-18(15)19/h1-11,14,20H,12-13,24H2,(H,25,32)(H,26,27)(H,28,29)(H,30,31). The molecule has 9 heteroatoms. The maximum absolute atomic E-state index is 12.5. The molecule has 0 bridgehead atoms. The van der Waals surface area contributed by atoms with Gasteiger partial charge in [0.15, 0.2) is 0 Å². The van der Waals surface area contributed by atoms with Crippen LogP contribution < -0.4 is 21.9 Å². The summed E-state index contributed by atoms with van der Waals surface area (Å²) in [7, 11) is 0. The summed E-state index contributed by atoms with van der Waals surface area (Å²) in [6, 6.07) is 18.8. The summed E-state index contributed by atoms with van der Waals surface area (Å²) >= 11 is 0. The minimum atomic E-state index is -1.04. The molecule has 0 heterocycles. The molecule has 0 spiro atoms. The molecule has 2 amide bonds.